The Kier molecular flexibility index (Phi) is 6.19. The van der Waals surface area contributed by atoms with Crippen LogP contribution in [0.2, 0.25) is 0 Å². The van der Waals surface area contributed by atoms with Crippen LogP contribution in [0.5, 0.6) is 0 Å². The monoisotopic (exact) mass is 365 g/mol. The van der Waals surface area contributed by atoms with Crippen LogP contribution in [0.1, 0.15) is 42.8 Å². The Balaban J connectivity index is 2.26. The lowest BCUT2D eigenvalue weighted by Gasteiger charge is -2.21. The number of hydrogen-bond acceptors (Lipinski definition) is 5. The van der Waals surface area contributed by atoms with Crippen LogP contribution in [0.15, 0.2) is 39.8 Å². The lowest BCUT2D eigenvalue weighted by Crippen LogP contribution is -2.32. The fraction of sp³-hybridized carbons (Fsp3) is 0.412. The number of hydrogen-bond donors (Lipinski definition) is 1. The molecule has 0 bridgehead atoms. The lowest BCUT2D eigenvalue weighted by molar-refractivity contribution is 0.0755. The Hall–Kier alpha value is -2.35. The summed E-state index contributed by atoms with van der Waals surface area (Å²) in [6.45, 7) is 6.95. The van der Waals surface area contributed by atoms with E-state index in [1.807, 2.05) is 13.8 Å². The van der Waals surface area contributed by atoms with E-state index < -0.39 is 10.0 Å². The summed E-state index contributed by atoms with van der Waals surface area (Å²) in [5.41, 5.74) is 0.348. The molecule has 1 N–H and O–H groups in total. The zero-order valence-electron chi connectivity index (χ0n) is 14.7. The fourth-order valence-electron chi connectivity index (χ4n) is 2.44. The van der Waals surface area contributed by atoms with Crippen molar-refractivity contribution in [3.63, 3.8) is 0 Å². The molecule has 1 heterocycles. The van der Waals surface area contributed by atoms with E-state index in [9.17, 15) is 13.2 Å². The first-order chi connectivity index (χ1) is 11.9. The molecule has 136 valence electrons. The number of aryl methyl sites for hydroxylation is 1. The van der Waals surface area contributed by atoms with Crippen molar-refractivity contribution in [2.24, 2.45) is 0 Å². The molecule has 8 heteroatoms. The average Bonchev–Trinajstić information content (AvgIpc) is 2.98. The fourth-order valence-corrected chi connectivity index (χ4v) is 3.47. The number of rotatable bonds is 8. The number of benzene rings is 1. The van der Waals surface area contributed by atoms with Gasteiger partial charge in [-0.3, -0.25) is 9.52 Å². The highest BCUT2D eigenvalue weighted by Crippen LogP contribution is 2.18. The smallest absolute Gasteiger partial charge is 0.263 e. The molecule has 0 radical (unpaired) electrons. The molecule has 0 saturated carbocycles. The number of aromatic nitrogens is 1. The van der Waals surface area contributed by atoms with Crippen molar-refractivity contribution in [2.45, 2.75) is 38.5 Å². The number of sulfonamides is 1. The number of carbonyl (C=O) groups is 1. The first-order valence-corrected chi connectivity index (χ1v) is 9.71. The Bertz CT molecular complexity index is 824. The van der Waals surface area contributed by atoms with Gasteiger partial charge in [0, 0.05) is 24.7 Å². The first kappa shape index (κ1) is 19.0. The Morgan fingerprint density at radius 3 is 2.44 bits per heavy atom. The van der Waals surface area contributed by atoms with Crippen molar-refractivity contribution in [3.8, 4) is 0 Å². The number of carbonyl (C=O) groups excluding carboxylic acids is 1. The van der Waals surface area contributed by atoms with E-state index in [4.69, 9.17) is 4.52 Å². The third kappa shape index (κ3) is 4.82. The predicted molar refractivity (Wildman–Crippen MR) is 95.0 cm³/mol. The van der Waals surface area contributed by atoms with Crippen molar-refractivity contribution in [2.75, 3.05) is 17.8 Å². The molecule has 0 aliphatic heterocycles. The SMILES string of the molecule is CCCN(CCC)C(=O)c1cccc(S(=O)(=O)Nc2cc(C)on2)c1. The summed E-state index contributed by atoms with van der Waals surface area (Å²) >= 11 is 0. The van der Waals surface area contributed by atoms with Gasteiger partial charge in [-0.2, -0.15) is 0 Å². The number of nitrogens with one attached hydrogen (secondary N) is 1. The molecule has 2 rings (SSSR count). The summed E-state index contributed by atoms with van der Waals surface area (Å²) in [4.78, 5) is 14.4. The van der Waals surface area contributed by atoms with Gasteiger partial charge in [0.15, 0.2) is 5.82 Å². The molecule has 0 unspecified atom stereocenters. The molecule has 25 heavy (non-hydrogen) atoms. The second-order valence-corrected chi connectivity index (χ2v) is 7.43. The first-order valence-electron chi connectivity index (χ1n) is 8.23. The second-order valence-electron chi connectivity index (χ2n) is 5.75. The number of anilines is 1. The number of amides is 1. The molecule has 2 aromatic rings. The van der Waals surface area contributed by atoms with Crippen LogP contribution in [-0.2, 0) is 10.0 Å². The zero-order valence-corrected chi connectivity index (χ0v) is 15.5. The van der Waals surface area contributed by atoms with Gasteiger partial charge in [-0.25, -0.2) is 8.42 Å². The van der Waals surface area contributed by atoms with Crippen LogP contribution in [0.3, 0.4) is 0 Å². The second kappa shape index (κ2) is 8.15. The van der Waals surface area contributed by atoms with E-state index in [1.54, 1.807) is 24.0 Å². The van der Waals surface area contributed by atoms with Gasteiger partial charge in [0.2, 0.25) is 0 Å². The van der Waals surface area contributed by atoms with Crippen LogP contribution in [0, 0.1) is 6.92 Å². The average molecular weight is 365 g/mol. The van der Waals surface area contributed by atoms with E-state index >= 15 is 0 Å². The quantitative estimate of drug-likeness (QED) is 0.776. The summed E-state index contributed by atoms with van der Waals surface area (Å²) in [6.07, 6.45) is 1.69. The molecular formula is C17H23N3O4S. The Morgan fingerprint density at radius 2 is 1.88 bits per heavy atom. The third-order valence-corrected chi connectivity index (χ3v) is 4.88. The van der Waals surface area contributed by atoms with E-state index in [2.05, 4.69) is 9.88 Å². The van der Waals surface area contributed by atoms with Crippen molar-refractivity contribution in [3.05, 3.63) is 41.7 Å². The van der Waals surface area contributed by atoms with E-state index in [-0.39, 0.29) is 16.6 Å². The highest BCUT2D eigenvalue weighted by atomic mass is 32.2. The molecule has 0 fully saturated rings. The van der Waals surface area contributed by atoms with Crippen LogP contribution >= 0.6 is 0 Å². The summed E-state index contributed by atoms with van der Waals surface area (Å²) in [5.74, 6) is 0.433. The van der Waals surface area contributed by atoms with Crippen molar-refractivity contribution in [1.82, 2.24) is 10.1 Å². The molecule has 1 aromatic heterocycles. The molecular weight excluding hydrogens is 342 g/mol. The Labute approximate surface area is 148 Å². The van der Waals surface area contributed by atoms with E-state index in [0.717, 1.165) is 12.8 Å². The third-order valence-electron chi connectivity index (χ3n) is 3.53. The van der Waals surface area contributed by atoms with Crippen LogP contribution in [-0.4, -0.2) is 37.5 Å². The minimum Gasteiger partial charge on any atom is -0.360 e. The highest BCUT2D eigenvalue weighted by Gasteiger charge is 2.20. The number of nitrogens with zero attached hydrogens (tertiary/aromatic N) is 2. The van der Waals surface area contributed by atoms with E-state index in [0.29, 0.717) is 24.4 Å². The maximum atomic E-state index is 12.6. The molecule has 0 aliphatic rings. The van der Waals surface area contributed by atoms with Gasteiger partial charge in [-0.05, 0) is 38.0 Å². The Morgan fingerprint density at radius 1 is 1.20 bits per heavy atom. The largest absolute Gasteiger partial charge is 0.360 e. The minimum absolute atomic E-state index is 0.00644. The molecule has 0 aliphatic carbocycles. The lowest BCUT2D eigenvalue weighted by atomic mass is 10.2. The van der Waals surface area contributed by atoms with Gasteiger partial charge in [-0.1, -0.05) is 25.1 Å². The van der Waals surface area contributed by atoms with Gasteiger partial charge in [0.25, 0.3) is 15.9 Å². The van der Waals surface area contributed by atoms with Gasteiger partial charge in [0.05, 0.1) is 4.90 Å². The molecule has 0 saturated heterocycles. The topological polar surface area (TPSA) is 92.5 Å². The zero-order chi connectivity index (χ0) is 18.4. The van der Waals surface area contributed by atoms with Gasteiger partial charge in [-0.15, -0.1) is 0 Å². The van der Waals surface area contributed by atoms with Crippen molar-refractivity contribution < 1.29 is 17.7 Å². The summed E-state index contributed by atoms with van der Waals surface area (Å²) < 4.78 is 32.2. The van der Waals surface area contributed by atoms with Crippen LogP contribution in [0.4, 0.5) is 5.82 Å². The van der Waals surface area contributed by atoms with Crippen LogP contribution in [0.25, 0.3) is 0 Å². The summed E-state index contributed by atoms with van der Waals surface area (Å²) in [6, 6.07) is 7.49. The summed E-state index contributed by atoms with van der Waals surface area (Å²) in [7, 11) is -3.85. The van der Waals surface area contributed by atoms with Crippen LogP contribution < -0.4 is 4.72 Å². The van der Waals surface area contributed by atoms with Crippen molar-refractivity contribution in [1.29, 1.82) is 0 Å². The minimum atomic E-state index is -3.85. The van der Waals surface area contributed by atoms with E-state index in [1.165, 1.54) is 18.2 Å². The highest BCUT2D eigenvalue weighted by molar-refractivity contribution is 7.92. The molecule has 1 amide bonds. The molecule has 0 spiro atoms. The van der Waals surface area contributed by atoms with Gasteiger partial charge >= 0.3 is 0 Å². The molecule has 0 atom stereocenters. The molecule has 7 nitrogen and oxygen atoms in total. The normalized spacial score (nSPS) is 11.3. The van der Waals surface area contributed by atoms with Crippen molar-refractivity contribution >= 4 is 21.7 Å². The van der Waals surface area contributed by atoms with Gasteiger partial charge < -0.3 is 9.42 Å². The molecule has 1 aromatic carbocycles. The standard InChI is InChI=1S/C17H23N3O4S/c1-4-9-20(10-5-2)17(21)14-7-6-8-15(12-14)25(22,23)19-16-11-13(3)24-18-16/h6-8,11-12H,4-5,9-10H2,1-3H3,(H,18,19). The maximum absolute atomic E-state index is 12.6. The van der Waals surface area contributed by atoms with Gasteiger partial charge in [0.1, 0.15) is 5.76 Å². The summed E-state index contributed by atoms with van der Waals surface area (Å²) in [5, 5.41) is 3.62. The predicted octanol–water partition coefficient (Wildman–Crippen LogP) is 3.05. The maximum Gasteiger partial charge on any atom is 0.263 e.